The number of nitrogens with one attached hydrogen (secondary N) is 1. The van der Waals surface area contributed by atoms with E-state index in [1.54, 1.807) is 54.6 Å². The van der Waals surface area contributed by atoms with Crippen LogP contribution in [0.2, 0.25) is 5.02 Å². The van der Waals surface area contributed by atoms with E-state index in [9.17, 15) is 13.2 Å². The number of nitrogens with zero attached hydrogens (tertiary/aromatic N) is 1. The standard InChI is InChI=1S/C23H23ClN2O3S/c1-16-8-12-20(13-9-16)30(28,29)26(22-7-5-4-6-18(22)3)15-23(27)25-19-11-10-17(2)21(24)14-19/h4-14H,15H2,1-3H3,(H,25,27). The van der Waals surface area contributed by atoms with Crippen molar-refractivity contribution in [1.82, 2.24) is 0 Å². The zero-order valence-electron chi connectivity index (χ0n) is 17.0. The van der Waals surface area contributed by atoms with Gasteiger partial charge in [-0.1, -0.05) is 53.6 Å². The van der Waals surface area contributed by atoms with E-state index in [4.69, 9.17) is 11.6 Å². The lowest BCUT2D eigenvalue weighted by Gasteiger charge is -2.25. The molecule has 0 aliphatic heterocycles. The van der Waals surface area contributed by atoms with Crippen molar-refractivity contribution in [2.45, 2.75) is 25.7 Å². The quantitative estimate of drug-likeness (QED) is 0.577. The maximum absolute atomic E-state index is 13.4. The number of hydrogen-bond donors (Lipinski definition) is 1. The van der Waals surface area contributed by atoms with Gasteiger partial charge in [0.15, 0.2) is 0 Å². The predicted molar refractivity (Wildman–Crippen MR) is 122 cm³/mol. The van der Waals surface area contributed by atoms with Crippen LogP contribution in [0.5, 0.6) is 0 Å². The van der Waals surface area contributed by atoms with Crippen molar-refractivity contribution in [2.24, 2.45) is 0 Å². The Morgan fingerprint density at radius 3 is 2.23 bits per heavy atom. The highest BCUT2D eigenvalue weighted by atomic mass is 35.5. The first-order valence-corrected chi connectivity index (χ1v) is 11.2. The molecular formula is C23H23ClN2O3S. The van der Waals surface area contributed by atoms with Crippen LogP contribution in [0.25, 0.3) is 0 Å². The summed E-state index contributed by atoms with van der Waals surface area (Å²) in [6.45, 7) is 5.19. The molecule has 0 unspecified atom stereocenters. The van der Waals surface area contributed by atoms with Gasteiger partial charge in [-0.3, -0.25) is 9.10 Å². The Morgan fingerprint density at radius 1 is 0.933 bits per heavy atom. The molecule has 0 aliphatic carbocycles. The van der Waals surface area contributed by atoms with Crippen molar-refractivity contribution in [3.05, 3.63) is 88.4 Å². The lowest BCUT2D eigenvalue weighted by atomic mass is 10.2. The molecule has 1 N–H and O–H groups in total. The van der Waals surface area contributed by atoms with Crippen molar-refractivity contribution in [3.8, 4) is 0 Å². The lowest BCUT2D eigenvalue weighted by molar-refractivity contribution is -0.114. The predicted octanol–water partition coefficient (Wildman–Crippen LogP) is 5.10. The van der Waals surface area contributed by atoms with Gasteiger partial charge in [0.2, 0.25) is 5.91 Å². The largest absolute Gasteiger partial charge is 0.324 e. The highest BCUT2D eigenvalue weighted by Gasteiger charge is 2.28. The van der Waals surface area contributed by atoms with Crippen LogP contribution in [-0.4, -0.2) is 20.9 Å². The molecule has 30 heavy (non-hydrogen) atoms. The first-order chi connectivity index (χ1) is 14.2. The van der Waals surface area contributed by atoms with E-state index >= 15 is 0 Å². The molecule has 3 aromatic rings. The van der Waals surface area contributed by atoms with Gasteiger partial charge in [-0.05, 0) is 62.2 Å². The summed E-state index contributed by atoms with van der Waals surface area (Å²) in [5, 5.41) is 3.26. The molecule has 3 aromatic carbocycles. The fourth-order valence-electron chi connectivity index (χ4n) is 2.98. The molecule has 0 fully saturated rings. The Balaban J connectivity index is 1.95. The number of aryl methyl sites for hydroxylation is 3. The molecule has 3 rings (SSSR count). The van der Waals surface area contributed by atoms with E-state index < -0.39 is 15.9 Å². The number of benzene rings is 3. The second-order valence-electron chi connectivity index (χ2n) is 7.12. The van der Waals surface area contributed by atoms with Gasteiger partial charge in [-0.2, -0.15) is 0 Å². The molecule has 0 heterocycles. The number of para-hydroxylation sites is 1. The number of anilines is 2. The van der Waals surface area contributed by atoms with Gasteiger partial charge in [-0.25, -0.2) is 8.42 Å². The molecule has 0 aromatic heterocycles. The molecule has 0 saturated heterocycles. The summed E-state index contributed by atoms with van der Waals surface area (Å²) < 4.78 is 28.0. The summed E-state index contributed by atoms with van der Waals surface area (Å²) in [5.74, 6) is -0.464. The van der Waals surface area contributed by atoms with Gasteiger partial charge < -0.3 is 5.32 Å². The minimum absolute atomic E-state index is 0.127. The fourth-order valence-corrected chi connectivity index (χ4v) is 4.65. The molecule has 0 radical (unpaired) electrons. The van der Waals surface area contributed by atoms with Crippen molar-refractivity contribution in [3.63, 3.8) is 0 Å². The summed E-state index contributed by atoms with van der Waals surface area (Å²) in [6.07, 6.45) is 0. The molecule has 0 atom stereocenters. The van der Waals surface area contributed by atoms with Crippen molar-refractivity contribution in [2.75, 3.05) is 16.2 Å². The van der Waals surface area contributed by atoms with Crippen LogP contribution < -0.4 is 9.62 Å². The van der Waals surface area contributed by atoms with Crippen LogP contribution in [0.3, 0.4) is 0 Å². The second-order valence-corrected chi connectivity index (χ2v) is 9.39. The number of carbonyl (C=O) groups excluding carboxylic acids is 1. The van der Waals surface area contributed by atoms with E-state index in [-0.39, 0.29) is 11.4 Å². The molecule has 156 valence electrons. The Kier molecular flexibility index (Phi) is 6.48. The van der Waals surface area contributed by atoms with E-state index in [1.165, 1.54) is 0 Å². The zero-order chi connectivity index (χ0) is 21.9. The fraction of sp³-hybridized carbons (Fsp3) is 0.174. The van der Waals surface area contributed by atoms with Gasteiger partial charge in [-0.15, -0.1) is 0 Å². The van der Waals surface area contributed by atoms with Gasteiger partial charge in [0.05, 0.1) is 10.6 Å². The molecule has 1 amide bonds. The molecule has 0 bridgehead atoms. The molecule has 7 heteroatoms. The van der Waals surface area contributed by atoms with Crippen LogP contribution in [-0.2, 0) is 14.8 Å². The van der Waals surface area contributed by atoms with Crippen molar-refractivity contribution >= 4 is 38.9 Å². The van der Waals surface area contributed by atoms with Gasteiger partial charge in [0.1, 0.15) is 6.54 Å². The first kappa shape index (κ1) is 21.9. The summed E-state index contributed by atoms with van der Waals surface area (Å²) in [7, 11) is -3.95. The highest BCUT2D eigenvalue weighted by Crippen LogP contribution is 2.27. The number of sulfonamides is 1. The highest BCUT2D eigenvalue weighted by molar-refractivity contribution is 7.92. The average Bonchev–Trinajstić information content (AvgIpc) is 2.70. The van der Waals surface area contributed by atoms with Crippen LogP contribution in [0, 0.1) is 20.8 Å². The van der Waals surface area contributed by atoms with E-state index in [0.717, 1.165) is 21.0 Å². The number of halogens is 1. The van der Waals surface area contributed by atoms with Crippen LogP contribution >= 0.6 is 11.6 Å². The minimum Gasteiger partial charge on any atom is -0.324 e. The van der Waals surface area contributed by atoms with Crippen LogP contribution in [0.1, 0.15) is 16.7 Å². The third-order valence-corrected chi connectivity index (χ3v) is 6.92. The van der Waals surface area contributed by atoms with E-state index in [2.05, 4.69) is 5.32 Å². The van der Waals surface area contributed by atoms with Crippen LogP contribution in [0.15, 0.2) is 71.6 Å². The normalized spacial score (nSPS) is 11.2. The Morgan fingerprint density at radius 2 is 1.60 bits per heavy atom. The van der Waals surface area contributed by atoms with Crippen molar-refractivity contribution in [1.29, 1.82) is 0 Å². The Hall–Kier alpha value is -2.83. The third-order valence-electron chi connectivity index (χ3n) is 4.74. The summed E-state index contributed by atoms with van der Waals surface area (Å²) >= 11 is 6.13. The minimum atomic E-state index is -3.95. The van der Waals surface area contributed by atoms with Crippen LogP contribution in [0.4, 0.5) is 11.4 Å². The molecular weight excluding hydrogens is 420 g/mol. The van der Waals surface area contributed by atoms with Gasteiger partial charge in [0.25, 0.3) is 10.0 Å². The first-order valence-electron chi connectivity index (χ1n) is 9.39. The molecule has 0 aliphatic rings. The van der Waals surface area contributed by atoms with Gasteiger partial charge in [0, 0.05) is 10.7 Å². The van der Waals surface area contributed by atoms with Gasteiger partial charge >= 0.3 is 0 Å². The molecule has 5 nitrogen and oxygen atoms in total. The summed E-state index contributed by atoms with van der Waals surface area (Å²) in [5.41, 5.74) is 3.55. The number of amides is 1. The molecule has 0 spiro atoms. The summed E-state index contributed by atoms with van der Waals surface area (Å²) in [6, 6.07) is 18.8. The zero-order valence-corrected chi connectivity index (χ0v) is 18.6. The van der Waals surface area contributed by atoms with E-state index in [0.29, 0.717) is 16.4 Å². The Labute approximate surface area is 182 Å². The average molecular weight is 443 g/mol. The second kappa shape index (κ2) is 8.90. The summed E-state index contributed by atoms with van der Waals surface area (Å²) in [4.78, 5) is 12.9. The number of carbonyl (C=O) groups is 1. The molecule has 0 saturated carbocycles. The SMILES string of the molecule is Cc1ccc(S(=O)(=O)N(CC(=O)Nc2ccc(C)c(Cl)c2)c2ccccc2C)cc1. The number of hydrogen-bond acceptors (Lipinski definition) is 3. The van der Waals surface area contributed by atoms with Crippen molar-refractivity contribution < 1.29 is 13.2 Å². The maximum atomic E-state index is 13.4. The topological polar surface area (TPSA) is 66.5 Å². The lowest BCUT2D eigenvalue weighted by Crippen LogP contribution is -2.38. The number of rotatable bonds is 6. The Bertz CT molecular complexity index is 1180. The monoisotopic (exact) mass is 442 g/mol. The smallest absolute Gasteiger partial charge is 0.264 e. The third kappa shape index (κ3) is 4.83. The maximum Gasteiger partial charge on any atom is 0.264 e. The van der Waals surface area contributed by atoms with E-state index in [1.807, 2.05) is 32.9 Å².